The van der Waals surface area contributed by atoms with Crippen LogP contribution in [-0.4, -0.2) is 11.7 Å². The number of aliphatic hydroxyl groups excluding tert-OH is 1. The van der Waals surface area contributed by atoms with Gasteiger partial charge in [0.2, 0.25) is 0 Å². The number of hydrogen-bond donors (Lipinski definition) is 2. The second-order valence-electron chi connectivity index (χ2n) is 4.55. The minimum atomic E-state index is -0.896. The topological polar surface area (TPSA) is 32.3 Å². The molecule has 0 heterocycles. The molecule has 0 bridgehead atoms. The third-order valence-corrected chi connectivity index (χ3v) is 3.56. The Labute approximate surface area is 131 Å². The zero-order valence-electron chi connectivity index (χ0n) is 10.9. The summed E-state index contributed by atoms with van der Waals surface area (Å²) in [4.78, 5) is 0. The van der Waals surface area contributed by atoms with Gasteiger partial charge < -0.3 is 10.4 Å². The van der Waals surface area contributed by atoms with Crippen LogP contribution in [0.4, 0.5) is 8.78 Å². The van der Waals surface area contributed by atoms with Gasteiger partial charge in [-0.3, -0.25) is 0 Å². The molecule has 0 aliphatic rings. The summed E-state index contributed by atoms with van der Waals surface area (Å²) >= 11 is 11.8. The molecule has 0 spiro atoms. The lowest BCUT2D eigenvalue weighted by atomic mass is 10.1. The number of nitrogens with one attached hydrogen (secondary N) is 1. The van der Waals surface area contributed by atoms with Gasteiger partial charge in [0.25, 0.3) is 0 Å². The maximum Gasteiger partial charge on any atom is 0.127 e. The van der Waals surface area contributed by atoms with Gasteiger partial charge in [0.05, 0.1) is 6.10 Å². The van der Waals surface area contributed by atoms with Gasteiger partial charge in [-0.1, -0.05) is 23.2 Å². The van der Waals surface area contributed by atoms with E-state index in [0.717, 1.165) is 18.2 Å². The van der Waals surface area contributed by atoms with Crippen LogP contribution < -0.4 is 5.32 Å². The van der Waals surface area contributed by atoms with Crippen LogP contribution >= 0.6 is 23.2 Å². The number of benzene rings is 2. The highest BCUT2D eigenvalue weighted by atomic mass is 35.5. The van der Waals surface area contributed by atoms with Gasteiger partial charge >= 0.3 is 0 Å². The smallest absolute Gasteiger partial charge is 0.127 e. The molecule has 1 atom stereocenters. The minimum Gasteiger partial charge on any atom is -0.387 e. The summed E-state index contributed by atoms with van der Waals surface area (Å²) in [5.41, 5.74) is 0.677. The van der Waals surface area contributed by atoms with E-state index in [2.05, 4.69) is 5.32 Å². The summed E-state index contributed by atoms with van der Waals surface area (Å²) in [5.74, 6) is -1.01. The number of aliphatic hydroxyl groups is 1. The fourth-order valence-electron chi connectivity index (χ4n) is 1.90. The highest BCUT2D eigenvalue weighted by Gasteiger charge is 2.12. The second-order valence-corrected chi connectivity index (χ2v) is 5.39. The second kappa shape index (κ2) is 7.18. The lowest BCUT2D eigenvalue weighted by molar-refractivity contribution is 0.174. The van der Waals surface area contributed by atoms with Crippen molar-refractivity contribution in [2.75, 3.05) is 6.54 Å². The van der Waals surface area contributed by atoms with E-state index in [1.807, 2.05) is 0 Å². The van der Waals surface area contributed by atoms with Crippen molar-refractivity contribution >= 4 is 23.2 Å². The molecule has 0 aliphatic carbocycles. The first-order valence-electron chi connectivity index (χ1n) is 6.25. The molecule has 6 heteroatoms. The van der Waals surface area contributed by atoms with Crippen LogP contribution in [0.5, 0.6) is 0 Å². The first-order valence-corrected chi connectivity index (χ1v) is 7.00. The minimum absolute atomic E-state index is 0.0961. The van der Waals surface area contributed by atoms with Crippen molar-refractivity contribution in [3.05, 3.63) is 69.2 Å². The zero-order valence-corrected chi connectivity index (χ0v) is 12.4. The van der Waals surface area contributed by atoms with E-state index in [1.54, 1.807) is 18.2 Å². The number of halogens is 4. The first-order chi connectivity index (χ1) is 9.97. The maximum absolute atomic E-state index is 13.4. The Morgan fingerprint density at radius 3 is 2.62 bits per heavy atom. The third kappa shape index (κ3) is 4.38. The molecular weight excluding hydrogens is 319 g/mol. The Bertz CT molecular complexity index is 637. The van der Waals surface area contributed by atoms with Crippen molar-refractivity contribution in [3.63, 3.8) is 0 Å². The Morgan fingerprint density at radius 2 is 1.86 bits per heavy atom. The molecule has 2 nitrogen and oxygen atoms in total. The molecule has 2 rings (SSSR count). The predicted molar refractivity (Wildman–Crippen MR) is 79.5 cm³/mol. The summed E-state index contributed by atoms with van der Waals surface area (Å²) in [6.07, 6.45) is -0.896. The number of rotatable bonds is 5. The van der Waals surface area contributed by atoms with Gasteiger partial charge in [0, 0.05) is 34.3 Å². The van der Waals surface area contributed by atoms with E-state index in [9.17, 15) is 13.9 Å². The predicted octanol–water partition coefficient (Wildman–Crippen LogP) is 4.09. The van der Waals surface area contributed by atoms with E-state index in [4.69, 9.17) is 23.2 Å². The van der Waals surface area contributed by atoms with Crippen LogP contribution in [0.2, 0.25) is 10.0 Å². The molecule has 0 amide bonds. The monoisotopic (exact) mass is 331 g/mol. The fraction of sp³-hybridized carbons (Fsp3) is 0.200. The van der Waals surface area contributed by atoms with Crippen molar-refractivity contribution in [1.29, 1.82) is 0 Å². The van der Waals surface area contributed by atoms with Gasteiger partial charge in [0.1, 0.15) is 11.6 Å². The molecule has 1 unspecified atom stereocenters. The Kier molecular flexibility index (Phi) is 5.53. The molecule has 2 N–H and O–H groups in total. The third-order valence-electron chi connectivity index (χ3n) is 2.98. The standard InChI is InChI=1S/C15H13Cl2F2NO/c16-10-1-3-13(17)12(6-10)15(21)8-20-7-9-5-11(18)2-4-14(9)19/h1-6,15,20-21H,7-8H2. The highest BCUT2D eigenvalue weighted by molar-refractivity contribution is 6.33. The van der Waals surface area contributed by atoms with E-state index >= 15 is 0 Å². The lowest BCUT2D eigenvalue weighted by Crippen LogP contribution is -2.22. The number of hydrogen-bond acceptors (Lipinski definition) is 2. The Balaban J connectivity index is 1.96. The Morgan fingerprint density at radius 1 is 1.10 bits per heavy atom. The van der Waals surface area contributed by atoms with Gasteiger partial charge in [0.15, 0.2) is 0 Å². The average Bonchev–Trinajstić information content (AvgIpc) is 2.45. The SMILES string of the molecule is OC(CNCc1cc(F)ccc1F)c1cc(Cl)ccc1Cl. The van der Waals surface area contributed by atoms with Gasteiger partial charge in [-0.2, -0.15) is 0 Å². The van der Waals surface area contributed by atoms with Crippen LogP contribution in [0, 0.1) is 11.6 Å². The van der Waals surface area contributed by atoms with Crippen LogP contribution in [0.1, 0.15) is 17.2 Å². The van der Waals surface area contributed by atoms with Crippen molar-refractivity contribution in [2.45, 2.75) is 12.6 Å². The normalized spacial score (nSPS) is 12.4. The summed E-state index contributed by atoms with van der Waals surface area (Å²) in [6, 6.07) is 8.01. The molecule has 0 saturated heterocycles. The van der Waals surface area contributed by atoms with Gasteiger partial charge in [-0.15, -0.1) is 0 Å². The molecule has 0 aliphatic heterocycles. The van der Waals surface area contributed by atoms with Crippen LogP contribution in [0.3, 0.4) is 0 Å². The van der Waals surface area contributed by atoms with Crippen LogP contribution in [0.15, 0.2) is 36.4 Å². The van der Waals surface area contributed by atoms with E-state index in [0.29, 0.717) is 15.6 Å². The van der Waals surface area contributed by atoms with Crippen molar-refractivity contribution in [3.8, 4) is 0 Å². The van der Waals surface area contributed by atoms with Crippen molar-refractivity contribution in [2.24, 2.45) is 0 Å². The summed E-state index contributed by atoms with van der Waals surface area (Å²) < 4.78 is 26.4. The highest BCUT2D eigenvalue weighted by Crippen LogP contribution is 2.26. The van der Waals surface area contributed by atoms with E-state index in [-0.39, 0.29) is 18.7 Å². The van der Waals surface area contributed by atoms with Crippen molar-refractivity contribution in [1.82, 2.24) is 5.32 Å². The Hall–Kier alpha value is -1.20. The molecule has 0 radical (unpaired) electrons. The maximum atomic E-state index is 13.4. The molecule has 112 valence electrons. The molecule has 0 aromatic heterocycles. The molecule has 2 aromatic carbocycles. The molecular formula is C15H13Cl2F2NO. The molecule has 0 fully saturated rings. The van der Waals surface area contributed by atoms with E-state index in [1.165, 1.54) is 0 Å². The zero-order chi connectivity index (χ0) is 15.4. The van der Waals surface area contributed by atoms with E-state index < -0.39 is 17.7 Å². The van der Waals surface area contributed by atoms with Gasteiger partial charge in [-0.05, 0) is 36.4 Å². The molecule has 21 heavy (non-hydrogen) atoms. The summed E-state index contributed by atoms with van der Waals surface area (Å²) in [7, 11) is 0. The lowest BCUT2D eigenvalue weighted by Gasteiger charge is -2.14. The average molecular weight is 332 g/mol. The quantitative estimate of drug-likeness (QED) is 0.864. The molecule has 2 aromatic rings. The summed E-state index contributed by atoms with van der Waals surface area (Å²) in [6.45, 7) is 0.231. The van der Waals surface area contributed by atoms with Crippen LogP contribution in [0.25, 0.3) is 0 Å². The first kappa shape index (κ1) is 16.2. The molecule has 0 saturated carbocycles. The largest absolute Gasteiger partial charge is 0.387 e. The fourth-order valence-corrected chi connectivity index (χ4v) is 2.33. The summed E-state index contributed by atoms with van der Waals surface area (Å²) in [5, 5.41) is 13.8. The van der Waals surface area contributed by atoms with Gasteiger partial charge in [-0.25, -0.2) is 8.78 Å². The van der Waals surface area contributed by atoms with Crippen molar-refractivity contribution < 1.29 is 13.9 Å². The van der Waals surface area contributed by atoms with Crippen LogP contribution in [-0.2, 0) is 6.54 Å².